The quantitative estimate of drug-likeness (QED) is 0.634. The fourth-order valence-corrected chi connectivity index (χ4v) is 1.60. The molecule has 0 aliphatic carbocycles. The van der Waals surface area contributed by atoms with Gasteiger partial charge >= 0.3 is 0 Å². The molecule has 0 aromatic rings. The second kappa shape index (κ2) is 3.61. The Kier molecular flexibility index (Phi) is 2.74. The van der Waals surface area contributed by atoms with E-state index in [2.05, 4.69) is 6.92 Å². The Morgan fingerprint density at radius 2 is 2.25 bits per heavy atom. The molecule has 1 heterocycles. The second-order valence-corrected chi connectivity index (χ2v) is 2.80. The summed E-state index contributed by atoms with van der Waals surface area (Å²) < 4.78 is 5.12. The van der Waals surface area contributed by atoms with Crippen molar-refractivity contribution in [2.45, 2.75) is 26.3 Å². The number of nitrogens with zero attached hydrogens (tertiary/aromatic N) is 1. The molecule has 3 heteroatoms. The van der Waals surface area contributed by atoms with Crippen LogP contribution in [0.1, 0.15) is 20.3 Å². The van der Waals surface area contributed by atoms with E-state index in [0.29, 0.717) is 0 Å². The van der Waals surface area contributed by atoms with E-state index in [0.717, 1.165) is 18.7 Å². The largest absolute Gasteiger partial charge is 0.499 e. The maximum atomic E-state index is 11.3. The van der Waals surface area contributed by atoms with Gasteiger partial charge in [0.05, 0.1) is 13.2 Å². The van der Waals surface area contributed by atoms with Crippen LogP contribution < -0.4 is 0 Å². The molecule has 1 aliphatic rings. The molecule has 0 spiro atoms. The van der Waals surface area contributed by atoms with Gasteiger partial charge in [0.25, 0.3) is 5.91 Å². The van der Waals surface area contributed by atoms with Gasteiger partial charge in [-0.1, -0.05) is 6.92 Å². The van der Waals surface area contributed by atoms with Gasteiger partial charge in [-0.25, -0.2) is 0 Å². The zero-order valence-electron chi connectivity index (χ0n) is 7.83. The molecular weight excluding hydrogens is 154 g/mol. The van der Waals surface area contributed by atoms with Gasteiger partial charge in [-0.05, 0) is 13.3 Å². The van der Waals surface area contributed by atoms with Crippen LogP contribution in [0.15, 0.2) is 11.8 Å². The van der Waals surface area contributed by atoms with Gasteiger partial charge in [-0.2, -0.15) is 0 Å². The van der Waals surface area contributed by atoms with Gasteiger partial charge in [0.2, 0.25) is 0 Å². The monoisotopic (exact) mass is 169 g/mol. The van der Waals surface area contributed by atoms with Gasteiger partial charge in [0, 0.05) is 12.6 Å². The molecule has 1 amide bonds. The maximum absolute atomic E-state index is 11.3. The summed E-state index contributed by atoms with van der Waals surface area (Å²) >= 11 is 0. The number of amides is 1. The third-order valence-corrected chi connectivity index (χ3v) is 2.22. The van der Waals surface area contributed by atoms with Crippen molar-refractivity contribution in [2.75, 3.05) is 13.7 Å². The van der Waals surface area contributed by atoms with Gasteiger partial charge in [0.1, 0.15) is 5.76 Å². The zero-order chi connectivity index (χ0) is 9.14. The van der Waals surface area contributed by atoms with Crippen LogP contribution in [0.5, 0.6) is 0 Å². The molecule has 0 radical (unpaired) electrons. The summed E-state index contributed by atoms with van der Waals surface area (Å²) in [7, 11) is 1.61. The molecule has 1 atom stereocenters. The summed E-state index contributed by atoms with van der Waals surface area (Å²) in [5.41, 5.74) is 0. The minimum atomic E-state index is 0.0706. The van der Waals surface area contributed by atoms with E-state index in [1.165, 1.54) is 0 Å². The average Bonchev–Trinajstić information content (AvgIpc) is 2.40. The van der Waals surface area contributed by atoms with Crippen molar-refractivity contribution in [1.29, 1.82) is 0 Å². The highest BCUT2D eigenvalue weighted by Gasteiger charge is 2.30. The number of ether oxygens (including phenoxy) is 1. The van der Waals surface area contributed by atoms with Crippen molar-refractivity contribution in [3.63, 3.8) is 0 Å². The van der Waals surface area contributed by atoms with Crippen LogP contribution in [-0.2, 0) is 9.53 Å². The Hall–Kier alpha value is -0.990. The van der Waals surface area contributed by atoms with Gasteiger partial charge in [0.15, 0.2) is 0 Å². The van der Waals surface area contributed by atoms with E-state index >= 15 is 0 Å². The molecule has 68 valence electrons. The van der Waals surface area contributed by atoms with E-state index in [-0.39, 0.29) is 11.9 Å². The standard InChI is InChI=1S/C9H15NO2/c1-4-7-8(12-3)6-9(11)10(7)5-2/h6-7H,4-5H2,1-3H3. The zero-order valence-corrected chi connectivity index (χ0v) is 7.83. The Morgan fingerprint density at radius 3 is 2.67 bits per heavy atom. The predicted octanol–water partition coefficient (Wildman–Crippen LogP) is 1.16. The second-order valence-electron chi connectivity index (χ2n) is 2.80. The Balaban J connectivity index is 2.79. The van der Waals surface area contributed by atoms with E-state index in [1.807, 2.05) is 11.8 Å². The molecule has 1 aliphatic heterocycles. The summed E-state index contributed by atoms with van der Waals surface area (Å²) in [6.07, 6.45) is 2.50. The molecular formula is C9H15NO2. The van der Waals surface area contributed by atoms with Crippen LogP contribution in [0.4, 0.5) is 0 Å². The molecule has 1 unspecified atom stereocenters. The molecule has 1 rings (SSSR count). The molecule has 0 aromatic carbocycles. The minimum absolute atomic E-state index is 0.0706. The number of rotatable bonds is 3. The molecule has 0 N–H and O–H groups in total. The smallest absolute Gasteiger partial charge is 0.250 e. The molecule has 0 bridgehead atoms. The lowest BCUT2D eigenvalue weighted by atomic mass is 10.2. The number of hydrogen-bond acceptors (Lipinski definition) is 2. The van der Waals surface area contributed by atoms with Crippen LogP contribution in [0.2, 0.25) is 0 Å². The minimum Gasteiger partial charge on any atom is -0.499 e. The molecule has 3 nitrogen and oxygen atoms in total. The van der Waals surface area contributed by atoms with Gasteiger partial charge < -0.3 is 9.64 Å². The summed E-state index contributed by atoms with van der Waals surface area (Å²) in [5, 5.41) is 0. The number of carbonyl (C=O) groups is 1. The first-order valence-electron chi connectivity index (χ1n) is 4.30. The van der Waals surface area contributed by atoms with Crippen molar-refractivity contribution < 1.29 is 9.53 Å². The van der Waals surface area contributed by atoms with Crippen LogP contribution in [0.25, 0.3) is 0 Å². The molecule has 0 saturated heterocycles. The summed E-state index contributed by atoms with van der Waals surface area (Å²) in [6.45, 7) is 4.78. The lowest BCUT2D eigenvalue weighted by molar-refractivity contribution is -0.126. The van der Waals surface area contributed by atoms with Crippen LogP contribution in [-0.4, -0.2) is 30.5 Å². The number of carbonyl (C=O) groups excluding carboxylic acids is 1. The average molecular weight is 169 g/mol. The van der Waals surface area contributed by atoms with E-state index in [4.69, 9.17) is 4.74 Å². The molecule has 12 heavy (non-hydrogen) atoms. The topological polar surface area (TPSA) is 29.5 Å². The van der Waals surface area contributed by atoms with Gasteiger partial charge in [-0.3, -0.25) is 4.79 Å². The SMILES string of the molecule is CCC1C(OC)=CC(=O)N1CC. The normalized spacial score (nSPS) is 22.9. The summed E-state index contributed by atoms with van der Waals surface area (Å²) in [5.74, 6) is 0.866. The number of methoxy groups -OCH3 is 1. The fourth-order valence-electron chi connectivity index (χ4n) is 1.60. The van der Waals surface area contributed by atoms with Crippen LogP contribution in [0, 0.1) is 0 Å². The molecule has 0 fully saturated rings. The van der Waals surface area contributed by atoms with Crippen molar-refractivity contribution >= 4 is 5.91 Å². The Bertz CT molecular complexity index is 211. The Morgan fingerprint density at radius 1 is 1.58 bits per heavy atom. The lowest BCUT2D eigenvalue weighted by Crippen LogP contribution is -2.34. The highest BCUT2D eigenvalue weighted by molar-refractivity contribution is 5.91. The Labute approximate surface area is 73.0 Å². The van der Waals surface area contributed by atoms with E-state index < -0.39 is 0 Å². The third-order valence-electron chi connectivity index (χ3n) is 2.22. The summed E-state index contributed by atoms with van der Waals surface area (Å²) in [6, 6.07) is 0.160. The third kappa shape index (κ3) is 1.31. The fraction of sp³-hybridized carbons (Fsp3) is 0.667. The highest BCUT2D eigenvalue weighted by atomic mass is 16.5. The highest BCUT2D eigenvalue weighted by Crippen LogP contribution is 2.21. The number of likely N-dealkylation sites (N-methyl/N-ethyl adjacent to an activating group) is 1. The first-order chi connectivity index (χ1) is 5.74. The lowest BCUT2D eigenvalue weighted by Gasteiger charge is -2.23. The van der Waals surface area contributed by atoms with Crippen LogP contribution >= 0.6 is 0 Å². The maximum Gasteiger partial charge on any atom is 0.250 e. The predicted molar refractivity (Wildman–Crippen MR) is 46.6 cm³/mol. The van der Waals surface area contributed by atoms with Crippen LogP contribution in [0.3, 0.4) is 0 Å². The van der Waals surface area contributed by atoms with E-state index in [1.54, 1.807) is 13.2 Å². The molecule has 0 aromatic heterocycles. The molecule has 0 saturated carbocycles. The number of hydrogen-bond donors (Lipinski definition) is 0. The van der Waals surface area contributed by atoms with Crippen molar-refractivity contribution in [3.05, 3.63) is 11.8 Å². The van der Waals surface area contributed by atoms with Gasteiger partial charge in [-0.15, -0.1) is 0 Å². The van der Waals surface area contributed by atoms with Crippen molar-refractivity contribution in [3.8, 4) is 0 Å². The summed E-state index contributed by atoms with van der Waals surface area (Å²) in [4.78, 5) is 13.1. The van der Waals surface area contributed by atoms with Crippen molar-refractivity contribution in [1.82, 2.24) is 4.90 Å². The first-order valence-corrected chi connectivity index (χ1v) is 4.30. The first kappa shape index (κ1) is 9.10. The van der Waals surface area contributed by atoms with Crippen molar-refractivity contribution in [2.24, 2.45) is 0 Å². The van der Waals surface area contributed by atoms with E-state index in [9.17, 15) is 4.79 Å².